The molecule has 0 aromatic heterocycles. The Kier molecular flexibility index (Phi) is 4.18. The van der Waals surface area contributed by atoms with Crippen molar-refractivity contribution in [3.8, 4) is 5.75 Å². The first kappa shape index (κ1) is 15.3. The number of halogens is 1. The van der Waals surface area contributed by atoms with Gasteiger partial charge < -0.3 is 4.74 Å². The summed E-state index contributed by atoms with van der Waals surface area (Å²) in [5.41, 5.74) is 2.11. The summed E-state index contributed by atoms with van der Waals surface area (Å²) in [7, 11) is -2.60. The van der Waals surface area contributed by atoms with E-state index in [0.717, 1.165) is 17.2 Å². The first-order chi connectivity index (χ1) is 9.83. The summed E-state index contributed by atoms with van der Waals surface area (Å²) < 4.78 is 45.8. The highest BCUT2D eigenvalue weighted by Crippen LogP contribution is 2.24. The van der Waals surface area contributed by atoms with Crippen LogP contribution in [0.3, 0.4) is 0 Å². The molecule has 1 N–H and O–H groups in total. The molecule has 2 aromatic rings. The normalized spacial score (nSPS) is 11.2. The molecule has 0 aliphatic heterocycles. The highest BCUT2D eigenvalue weighted by atomic mass is 32.2. The lowest BCUT2D eigenvalue weighted by Gasteiger charge is -2.12. The van der Waals surface area contributed by atoms with E-state index in [0.29, 0.717) is 5.69 Å². The van der Waals surface area contributed by atoms with Crippen molar-refractivity contribution < 1.29 is 17.5 Å². The summed E-state index contributed by atoms with van der Waals surface area (Å²) in [6, 6.07) is 9.01. The number of benzene rings is 2. The predicted molar refractivity (Wildman–Crippen MR) is 79.7 cm³/mol. The average Bonchev–Trinajstić information content (AvgIpc) is 2.42. The van der Waals surface area contributed by atoms with Gasteiger partial charge in [-0.15, -0.1) is 0 Å². The van der Waals surface area contributed by atoms with Gasteiger partial charge in [-0.2, -0.15) is 0 Å². The molecule has 0 radical (unpaired) electrons. The summed E-state index contributed by atoms with van der Waals surface area (Å²) in [4.78, 5) is -0.413. The lowest BCUT2D eigenvalue weighted by atomic mass is 10.1. The number of hydrogen-bond donors (Lipinski definition) is 1. The molecule has 4 nitrogen and oxygen atoms in total. The van der Waals surface area contributed by atoms with Crippen molar-refractivity contribution in [3.05, 3.63) is 53.3 Å². The van der Waals surface area contributed by atoms with Crippen LogP contribution in [0.15, 0.2) is 41.3 Å². The lowest BCUT2D eigenvalue weighted by molar-refractivity contribution is 0.410. The molecule has 0 aliphatic rings. The molecule has 0 spiro atoms. The fourth-order valence-electron chi connectivity index (χ4n) is 1.87. The topological polar surface area (TPSA) is 55.4 Å². The van der Waals surface area contributed by atoms with E-state index in [9.17, 15) is 12.8 Å². The molecule has 0 bridgehead atoms. The SMILES string of the molecule is COc1ccc(S(=O)(=O)Nc2cc(C)ccc2C)c(F)c1. The molecule has 0 unspecified atom stereocenters. The van der Waals surface area contributed by atoms with Crippen LogP contribution >= 0.6 is 0 Å². The first-order valence-electron chi connectivity index (χ1n) is 6.27. The Balaban J connectivity index is 2.41. The number of rotatable bonds is 4. The van der Waals surface area contributed by atoms with Gasteiger partial charge in [0.25, 0.3) is 10.0 Å². The van der Waals surface area contributed by atoms with Crippen molar-refractivity contribution in [3.63, 3.8) is 0 Å². The van der Waals surface area contributed by atoms with Crippen LogP contribution in [0, 0.1) is 19.7 Å². The van der Waals surface area contributed by atoms with Gasteiger partial charge in [-0.25, -0.2) is 12.8 Å². The Morgan fingerprint density at radius 1 is 1.10 bits per heavy atom. The van der Waals surface area contributed by atoms with Crippen LogP contribution in [0.1, 0.15) is 11.1 Å². The van der Waals surface area contributed by atoms with E-state index >= 15 is 0 Å². The van der Waals surface area contributed by atoms with Gasteiger partial charge in [0.05, 0.1) is 12.8 Å². The zero-order valence-electron chi connectivity index (χ0n) is 12.0. The zero-order valence-corrected chi connectivity index (χ0v) is 12.8. The van der Waals surface area contributed by atoms with Crippen LogP contribution in [0.4, 0.5) is 10.1 Å². The molecule has 0 saturated heterocycles. The van der Waals surface area contributed by atoms with Crippen LogP contribution in [-0.4, -0.2) is 15.5 Å². The van der Waals surface area contributed by atoms with E-state index in [2.05, 4.69) is 4.72 Å². The van der Waals surface area contributed by atoms with Gasteiger partial charge >= 0.3 is 0 Å². The lowest BCUT2D eigenvalue weighted by Crippen LogP contribution is -2.15. The highest BCUT2D eigenvalue weighted by Gasteiger charge is 2.20. The van der Waals surface area contributed by atoms with E-state index in [1.165, 1.54) is 19.2 Å². The minimum absolute atomic E-state index is 0.262. The molecule has 0 atom stereocenters. The van der Waals surface area contributed by atoms with Gasteiger partial charge in [0.2, 0.25) is 0 Å². The number of aryl methyl sites for hydroxylation is 2. The largest absolute Gasteiger partial charge is 0.497 e. The molecule has 0 heterocycles. The van der Waals surface area contributed by atoms with Gasteiger partial charge in [-0.05, 0) is 43.2 Å². The zero-order chi connectivity index (χ0) is 15.6. The maximum absolute atomic E-state index is 13.9. The van der Waals surface area contributed by atoms with Crippen molar-refractivity contribution in [2.75, 3.05) is 11.8 Å². The van der Waals surface area contributed by atoms with Gasteiger partial charge in [-0.1, -0.05) is 12.1 Å². The van der Waals surface area contributed by atoms with E-state index in [1.54, 1.807) is 19.1 Å². The number of ether oxygens (including phenoxy) is 1. The second kappa shape index (κ2) is 5.73. The summed E-state index contributed by atoms with van der Waals surface area (Å²) in [6.45, 7) is 3.63. The molecular formula is C15H16FNO3S. The third-order valence-electron chi connectivity index (χ3n) is 3.07. The maximum Gasteiger partial charge on any atom is 0.264 e. The molecule has 21 heavy (non-hydrogen) atoms. The van der Waals surface area contributed by atoms with E-state index in [4.69, 9.17) is 4.74 Å². The number of anilines is 1. The first-order valence-corrected chi connectivity index (χ1v) is 7.75. The molecule has 0 amide bonds. The Bertz CT molecular complexity index is 772. The quantitative estimate of drug-likeness (QED) is 0.943. The number of nitrogens with one attached hydrogen (secondary N) is 1. The van der Waals surface area contributed by atoms with Crippen LogP contribution in [-0.2, 0) is 10.0 Å². The van der Waals surface area contributed by atoms with Crippen molar-refractivity contribution >= 4 is 15.7 Å². The van der Waals surface area contributed by atoms with E-state index in [-0.39, 0.29) is 5.75 Å². The maximum atomic E-state index is 13.9. The minimum atomic E-state index is -3.99. The Morgan fingerprint density at radius 2 is 1.81 bits per heavy atom. The summed E-state index contributed by atoms with van der Waals surface area (Å²) in [5.74, 6) is -0.592. The molecule has 0 aliphatic carbocycles. The predicted octanol–water partition coefficient (Wildman–Crippen LogP) is 3.25. The van der Waals surface area contributed by atoms with Crippen molar-refractivity contribution in [2.24, 2.45) is 0 Å². The summed E-state index contributed by atoms with van der Waals surface area (Å²) in [6.07, 6.45) is 0. The van der Waals surface area contributed by atoms with Gasteiger partial charge in [0, 0.05) is 6.07 Å². The minimum Gasteiger partial charge on any atom is -0.497 e. The fraction of sp³-hybridized carbons (Fsp3) is 0.200. The molecule has 0 saturated carbocycles. The Labute approximate surface area is 123 Å². The molecular weight excluding hydrogens is 293 g/mol. The van der Waals surface area contributed by atoms with Crippen LogP contribution in [0.5, 0.6) is 5.75 Å². The molecule has 6 heteroatoms. The third kappa shape index (κ3) is 3.33. The van der Waals surface area contributed by atoms with Gasteiger partial charge in [0.15, 0.2) is 0 Å². The monoisotopic (exact) mass is 309 g/mol. The molecule has 0 fully saturated rings. The average molecular weight is 309 g/mol. The smallest absolute Gasteiger partial charge is 0.264 e. The summed E-state index contributed by atoms with van der Waals surface area (Å²) in [5, 5.41) is 0. The molecule has 2 rings (SSSR count). The van der Waals surface area contributed by atoms with Crippen LogP contribution in [0.2, 0.25) is 0 Å². The number of sulfonamides is 1. The van der Waals surface area contributed by atoms with E-state index < -0.39 is 20.7 Å². The van der Waals surface area contributed by atoms with Crippen LogP contribution < -0.4 is 9.46 Å². The van der Waals surface area contributed by atoms with Gasteiger partial charge in [0.1, 0.15) is 16.5 Å². The van der Waals surface area contributed by atoms with Crippen molar-refractivity contribution in [1.29, 1.82) is 0 Å². The van der Waals surface area contributed by atoms with Crippen LogP contribution in [0.25, 0.3) is 0 Å². The van der Waals surface area contributed by atoms with Crippen molar-refractivity contribution in [2.45, 2.75) is 18.7 Å². The highest BCUT2D eigenvalue weighted by molar-refractivity contribution is 7.92. The Hall–Kier alpha value is -2.08. The molecule has 2 aromatic carbocycles. The third-order valence-corrected chi connectivity index (χ3v) is 4.46. The second-order valence-corrected chi connectivity index (χ2v) is 6.37. The fourth-order valence-corrected chi connectivity index (χ4v) is 3.05. The number of hydrogen-bond acceptors (Lipinski definition) is 3. The van der Waals surface area contributed by atoms with Crippen molar-refractivity contribution in [1.82, 2.24) is 0 Å². The van der Waals surface area contributed by atoms with Gasteiger partial charge in [-0.3, -0.25) is 4.72 Å². The van der Waals surface area contributed by atoms with E-state index in [1.807, 2.05) is 13.0 Å². The molecule has 112 valence electrons. The Morgan fingerprint density at radius 3 is 2.43 bits per heavy atom. The second-order valence-electron chi connectivity index (χ2n) is 4.72. The number of methoxy groups -OCH3 is 1. The standard InChI is InChI=1S/C15H16FNO3S/c1-10-4-5-11(2)14(8-10)17-21(18,19)15-7-6-12(20-3)9-13(15)16/h4-9,17H,1-3H3. The summed E-state index contributed by atoms with van der Waals surface area (Å²) >= 11 is 0.